The number of hydrogen-bond acceptors (Lipinski definition) is 5. The van der Waals surface area contributed by atoms with Crippen molar-refractivity contribution in [2.24, 2.45) is 17.8 Å². The van der Waals surface area contributed by atoms with Gasteiger partial charge in [-0.1, -0.05) is 23.5 Å². The Labute approximate surface area is 216 Å². The first-order valence-electron chi connectivity index (χ1n) is 13.6. The van der Waals surface area contributed by atoms with Crippen molar-refractivity contribution < 1.29 is 4.79 Å². The third-order valence-corrected chi connectivity index (χ3v) is 11.9. The molecule has 3 heterocycles. The van der Waals surface area contributed by atoms with E-state index < -0.39 is 0 Å². The van der Waals surface area contributed by atoms with Crippen LogP contribution < -0.4 is 9.77 Å². The zero-order valence-corrected chi connectivity index (χ0v) is 22.6. The average molecular weight is 512 g/mol. The monoisotopic (exact) mass is 511 g/mol. The van der Waals surface area contributed by atoms with Crippen molar-refractivity contribution in [1.29, 1.82) is 0 Å². The molecule has 5 atom stereocenters. The summed E-state index contributed by atoms with van der Waals surface area (Å²) in [6.45, 7) is 8.29. The Kier molecular flexibility index (Phi) is 6.50. The fourth-order valence-electron chi connectivity index (χ4n) is 7.32. The zero-order valence-electron chi connectivity index (χ0n) is 20.9. The number of carbonyl (C=O) groups excluding carboxylic acids is 1. The minimum absolute atomic E-state index is 0.0462. The quantitative estimate of drug-likeness (QED) is 0.520. The molecule has 0 N–H and O–H groups in total. The van der Waals surface area contributed by atoms with Crippen LogP contribution in [0.5, 0.6) is 0 Å². The van der Waals surface area contributed by atoms with E-state index in [4.69, 9.17) is 0 Å². The maximum absolute atomic E-state index is 13.3. The molecule has 188 valence electrons. The number of piperidine rings is 1. The Morgan fingerprint density at radius 3 is 2.46 bits per heavy atom. The normalized spacial score (nSPS) is 29.2. The molecule has 6 rings (SSSR count). The van der Waals surface area contributed by atoms with Crippen molar-refractivity contribution in [2.75, 3.05) is 31.1 Å². The summed E-state index contributed by atoms with van der Waals surface area (Å²) in [7, 11) is 0. The van der Waals surface area contributed by atoms with E-state index in [0.717, 1.165) is 55.9 Å². The second-order valence-corrected chi connectivity index (χ2v) is 13.0. The third kappa shape index (κ3) is 4.07. The summed E-state index contributed by atoms with van der Waals surface area (Å²) in [5.74, 6) is 2.51. The van der Waals surface area contributed by atoms with E-state index in [9.17, 15) is 9.59 Å². The van der Waals surface area contributed by atoms with Gasteiger partial charge < -0.3 is 9.80 Å². The summed E-state index contributed by atoms with van der Waals surface area (Å²) in [4.78, 5) is 32.1. The lowest BCUT2D eigenvalue weighted by atomic mass is 9.75. The van der Waals surface area contributed by atoms with Crippen LogP contribution in [-0.2, 0) is 11.3 Å². The molecular formula is C28H37N3O2S2. The molecular weight excluding hydrogens is 474 g/mol. The summed E-state index contributed by atoms with van der Waals surface area (Å²) in [5, 5.41) is 1.66. The summed E-state index contributed by atoms with van der Waals surface area (Å²) in [6, 6.07) is 9.17. The Morgan fingerprint density at radius 2 is 1.74 bits per heavy atom. The predicted molar refractivity (Wildman–Crippen MR) is 145 cm³/mol. The van der Waals surface area contributed by atoms with Crippen LogP contribution >= 0.6 is 23.1 Å². The van der Waals surface area contributed by atoms with Crippen LogP contribution in [0.15, 0.2) is 34.1 Å². The van der Waals surface area contributed by atoms with E-state index in [1.165, 1.54) is 53.1 Å². The van der Waals surface area contributed by atoms with Gasteiger partial charge in [0.25, 0.3) is 0 Å². The van der Waals surface area contributed by atoms with Crippen LogP contribution in [-0.4, -0.2) is 46.8 Å². The molecule has 1 aromatic heterocycles. The molecule has 1 aromatic carbocycles. The van der Waals surface area contributed by atoms with Gasteiger partial charge in [-0.2, -0.15) is 0 Å². The van der Waals surface area contributed by atoms with Crippen molar-refractivity contribution in [3.8, 4) is 0 Å². The number of nitrogens with zero attached hydrogens (tertiary/aromatic N) is 3. The fraction of sp³-hybridized carbons (Fsp3) is 0.643. The maximum atomic E-state index is 13.3. The number of carbonyl (C=O) groups is 1. The van der Waals surface area contributed by atoms with E-state index in [0.29, 0.717) is 11.2 Å². The lowest BCUT2D eigenvalue weighted by Crippen LogP contribution is -2.39. The highest BCUT2D eigenvalue weighted by molar-refractivity contribution is 8.00. The maximum Gasteiger partial charge on any atom is 0.308 e. The zero-order chi connectivity index (χ0) is 24.1. The molecule has 0 unspecified atom stereocenters. The van der Waals surface area contributed by atoms with Crippen molar-refractivity contribution >= 4 is 34.7 Å². The smallest absolute Gasteiger partial charge is 0.308 e. The summed E-state index contributed by atoms with van der Waals surface area (Å²) < 4.78 is 1.83. The third-order valence-electron chi connectivity index (χ3n) is 9.07. The van der Waals surface area contributed by atoms with Crippen LogP contribution in [0.2, 0.25) is 0 Å². The number of thiazole rings is 1. The number of amides is 1. The van der Waals surface area contributed by atoms with Crippen LogP contribution in [0.25, 0.3) is 0 Å². The van der Waals surface area contributed by atoms with Gasteiger partial charge in [-0.05, 0) is 87.8 Å². The molecule has 2 bridgehead atoms. The predicted octanol–water partition coefficient (Wildman–Crippen LogP) is 5.42. The van der Waals surface area contributed by atoms with Gasteiger partial charge in [-0.3, -0.25) is 14.2 Å². The molecule has 2 aromatic rings. The Bertz CT molecular complexity index is 1130. The number of rotatable bonds is 6. The van der Waals surface area contributed by atoms with Crippen LogP contribution in [0, 0.1) is 17.8 Å². The summed E-state index contributed by atoms with van der Waals surface area (Å²) in [5.41, 5.74) is 2.62. The topological polar surface area (TPSA) is 45.6 Å². The molecule has 4 aliphatic rings. The Balaban J connectivity index is 1.37. The number of thioether (sulfide) groups is 1. The highest BCUT2D eigenvalue weighted by Crippen LogP contribution is 2.64. The first-order valence-corrected chi connectivity index (χ1v) is 15.3. The lowest BCUT2D eigenvalue weighted by molar-refractivity contribution is -0.132. The highest BCUT2D eigenvalue weighted by atomic mass is 32.2. The first kappa shape index (κ1) is 23.7. The van der Waals surface area contributed by atoms with Gasteiger partial charge in [0.1, 0.15) is 6.54 Å². The highest BCUT2D eigenvalue weighted by Gasteiger charge is 2.55. The van der Waals surface area contributed by atoms with Gasteiger partial charge in [0.15, 0.2) is 0 Å². The van der Waals surface area contributed by atoms with E-state index >= 15 is 0 Å². The van der Waals surface area contributed by atoms with E-state index in [1.54, 1.807) is 0 Å². The number of hydrogen-bond donors (Lipinski definition) is 0. The molecule has 0 radical (unpaired) electrons. The number of aromatic nitrogens is 1. The standard InChI is InChI=1S/C28H37N3O2S2/c1-3-29(4-2)21-12-10-18(11-13-21)23-24-19-8-9-20(16-19)25(24)34-27-26(23)35-28(33)31(27)17-22(32)30-14-6-5-7-15-30/h10-13,19-20,23-25H,3-9,14-17H2,1-2H3/t19-,20-,23-,24-,25+/m0/s1. The fourth-order valence-corrected chi connectivity index (χ4v) is 10.5. The van der Waals surface area contributed by atoms with Crippen molar-refractivity contribution in [3.05, 3.63) is 44.4 Å². The summed E-state index contributed by atoms with van der Waals surface area (Å²) in [6.07, 6.45) is 7.35. The number of anilines is 1. The van der Waals surface area contributed by atoms with Crippen molar-refractivity contribution in [1.82, 2.24) is 9.47 Å². The molecule has 2 saturated carbocycles. The molecule has 0 spiro atoms. The summed E-state index contributed by atoms with van der Waals surface area (Å²) >= 11 is 3.34. The molecule has 5 nitrogen and oxygen atoms in total. The van der Waals surface area contributed by atoms with Gasteiger partial charge in [-0.25, -0.2) is 0 Å². The van der Waals surface area contributed by atoms with Gasteiger partial charge in [-0.15, -0.1) is 11.8 Å². The SMILES string of the molecule is CCN(CC)c1ccc([C@@H]2c3sc(=O)n(CC(=O)N4CCCCC4)c3S[C@@H]3[C@H]4CC[C@@H](C4)[C@@H]23)cc1. The molecule has 3 fully saturated rings. The number of benzene rings is 1. The molecule has 2 aliphatic heterocycles. The van der Waals surface area contributed by atoms with E-state index in [1.807, 2.05) is 21.2 Å². The van der Waals surface area contributed by atoms with Crippen molar-refractivity contribution in [2.45, 2.75) is 75.1 Å². The number of fused-ring (bicyclic) bond motifs is 6. The molecule has 1 saturated heterocycles. The first-order chi connectivity index (χ1) is 17.1. The van der Waals surface area contributed by atoms with Crippen molar-refractivity contribution in [3.63, 3.8) is 0 Å². The molecule has 2 aliphatic carbocycles. The number of likely N-dealkylation sites (tertiary alicyclic amines) is 1. The van der Waals surface area contributed by atoms with E-state index in [2.05, 4.69) is 43.0 Å². The van der Waals surface area contributed by atoms with Crippen LogP contribution in [0.1, 0.15) is 68.7 Å². The van der Waals surface area contributed by atoms with Gasteiger partial charge in [0, 0.05) is 47.9 Å². The average Bonchev–Trinajstić information content (AvgIpc) is 3.59. The van der Waals surface area contributed by atoms with Crippen LogP contribution in [0.4, 0.5) is 5.69 Å². The van der Waals surface area contributed by atoms with Gasteiger partial charge in [0.2, 0.25) is 5.91 Å². The minimum Gasteiger partial charge on any atom is -0.372 e. The Morgan fingerprint density at radius 1 is 1.03 bits per heavy atom. The lowest BCUT2D eigenvalue weighted by Gasteiger charge is -2.40. The molecule has 35 heavy (non-hydrogen) atoms. The van der Waals surface area contributed by atoms with E-state index in [-0.39, 0.29) is 23.2 Å². The minimum atomic E-state index is 0.0462. The molecule has 1 amide bonds. The van der Waals surface area contributed by atoms with Crippen LogP contribution in [0.3, 0.4) is 0 Å². The second-order valence-electron chi connectivity index (χ2n) is 10.8. The largest absolute Gasteiger partial charge is 0.372 e. The second kappa shape index (κ2) is 9.62. The Hall–Kier alpha value is -1.73. The van der Waals surface area contributed by atoms with Gasteiger partial charge in [0.05, 0.1) is 5.03 Å². The molecule has 7 heteroatoms. The van der Waals surface area contributed by atoms with Gasteiger partial charge >= 0.3 is 4.87 Å².